The van der Waals surface area contributed by atoms with Gasteiger partial charge in [0.25, 0.3) is 0 Å². The summed E-state index contributed by atoms with van der Waals surface area (Å²) in [5.41, 5.74) is 0. The molecule has 0 aliphatic carbocycles. The number of nitrogens with zero attached hydrogens (tertiary/aromatic N) is 2. The lowest BCUT2D eigenvalue weighted by Gasteiger charge is -2.33. The summed E-state index contributed by atoms with van der Waals surface area (Å²) in [5.74, 6) is 1.83. The van der Waals surface area contributed by atoms with E-state index in [4.69, 9.17) is 9.15 Å². The largest absolute Gasteiger partial charge is 0.469 e. The first-order valence-electron chi connectivity index (χ1n) is 9.69. The van der Waals surface area contributed by atoms with Crippen molar-refractivity contribution in [3.63, 3.8) is 0 Å². The number of hydrogen-bond donors (Lipinski definition) is 2. The van der Waals surface area contributed by atoms with Crippen molar-refractivity contribution in [3.8, 4) is 0 Å². The number of piperidine rings is 1. The maximum absolute atomic E-state index is 5.65. The fourth-order valence-corrected chi connectivity index (χ4v) is 2.97. The Morgan fingerprint density at radius 3 is 2.85 bits per heavy atom. The van der Waals surface area contributed by atoms with Crippen LogP contribution in [0.1, 0.15) is 32.4 Å². The molecule has 154 valence electrons. The van der Waals surface area contributed by atoms with Crippen molar-refractivity contribution in [1.29, 1.82) is 0 Å². The van der Waals surface area contributed by atoms with Gasteiger partial charge in [0.15, 0.2) is 5.96 Å². The van der Waals surface area contributed by atoms with Crippen LogP contribution in [0.5, 0.6) is 0 Å². The van der Waals surface area contributed by atoms with Crippen molar-refractivity contribution < 1.29 is 9.15 Å². The molecule has 1 aromatic rings. The molecule has 2 N–H and O–H groups in total. The number of guanidine groups is 1. The Morgan fingerprint density at radius 2 is 2.22 bits per heavy atom. The molecule has 0 atom stereocenters. The maximum atomic E-state index is 5.65. The Morgan fingerprint density at radius 1 is 1.44 bits per heavy atom. The highest BCUT2D eigenvalue weighted by molar-refractivity contribution is 14.0. The standard InChI is InChI=1S/C20H34N4O2.HI/c1-4-10-21-20(22-11-7-19-6-5-15-26-19)23-18-8-12-24(13-9-18)14-16-25-17(2)3;/h4-6,15,17-18H,1,7-14,16H2,2-3H3,(H2,21,22,23);1H. The highest BCUT2D eigenvalue weighted by atomic mass is 127. The average Bonchev–Trinajstić information content (AvgIpc) is 3.14. The number of rotatable bonds is 10. The summed E-state index contributed by atoms with van der Waals surface area (Å²) < 4.78 is 11.0. The lowest BCUT2D eigenvalue weighted by molar-refractivity contribution is 0.0532. The summed E-state index contributed by atoms with van der Waals surface area (Å²) in [6.07, 6.45) is 6.91. The van der Waals surface area contributed by atoms with Gasteiger partial charge in [-0.15, -0.1) is 30.6 Å². The van der Waals surface area contributed by atoms with E-state index in [0.29, 0.717) is 25.2 Å². The number of nitrogens with one attached hydrogen (secondary N) is 2. The Kier molecular flexibility index (Phi) is 12.4. The molecule has 0 radical (unpaired) electrons. The molecule has 7 heteroatoms. The molecule has 0 spiro atoms. The Bertz CT molecular complexity index is 526. The molecular formula is C20H35IN4O2. The highest BCUT2D eigenvalue weighted by Gasteiger charge is 2.19. The van der Waals surface area contributed by atoms with Crippen LogP contribution >= 0.6 is 24.0 Å². The number of halogens is 1. The van der Waals surface area contributed by atoms with E-state index >= 15 is 0 Å². The minimum atomic E-state index is 0. The zero-order valence-electron chi connectivity index (χ0n) is 16.7. The van der Waals surface area contributed by atoms with E-state index in [2.05, 4.69) is 41.0 Å². The third-order valence-corrected chi connectivity index (χ3v) is 4.41. The van der Waals surface area contributed by atoms with Gasteiger partial charge in [-0.1, -0.05) is 6.08 Å². The number of likely N-dealkylation sites (tertiary alicyclic amines) is 1. The van der Waals surface area contributed by atoms with Crippen LogP contribution in [-0.2, 0) is 11.2 Å². The summed E-state index contributed by atoms with van der Waals surface area (Å²) in [7, 11) is 0. The molecule has 1 fully saturated rings. The molecule has 2 heterocycles. The molecule has 1 aromatic heterocycles. The van der Waals surface area contributed by atoms with Gasteiger partial charge in [-0.2, -0.15) is 0 Å². The van der Waals surface area contributed by atoms with Gasteiger partial charge in [0.2, 0.25) is 0 Å². The summed E-state index contributed by atoms with van der Waals surface area (Å²) in [6.45, 7) is 13.4. The van der Waals surface area contributed by atoms with E-state index in [1.54, 1.807) is 6.26 Å². The van der Waals surface area contributed by atoms with Crippen molar-refractivity contribution >= 4 is 29.9 Å². The third-order valence-electron chi connectivity index (χ3n) is 4.41. The van der Waals surface area contributed by atoms with E-state index < -0.39 is 0 Å². The normalized spacial score (nSPS) is 16.2. The van der Waals surface area contributed by atoms with E-state index in [1.165, 1.54) is 0 Å². The van der Waals surface area contributed by atoms with Crippen LogP contribution < -0.4 is 10.6 Å². The predicted octanol–water partition coefficient (Wildman–Crippen LogP) is 3.05. The molecule has 1 aliphatic rings. The smallest absolute Gasteiger partial charge is 0.191 e. The zero-order chi connectivity index (χ0) is 18.6. The Labute approximate surface area is 180 Å². The number of ether oxygens (including phenoxy) is 1. The first kappa shape index (κ1) is 24.0. The van der Waals surface area contributed by atoms with Crippen molar-refractivity contribution in [2.75, 3.05) is 39.3 Å². The monoisotopic (exact) mass is 490 g/mol. The fraction of sp³-hybridized carbons (Fsp3) is 0.650. The van der Waals surface area contributed by atoms with Gasteiger partial charge in [-0.05, 0) is 38.8 Å². The zero-order valence-corrected chi connectivity index (χ0v) is 19.0. The van der Waals surface area contributed by atoms with E-state index in [9.17, 15) is 0 Å². The van der Waals surface area contributed by atoms with Crippen LogP contribution in [0.15, 0.2) is 40.5 Å². The quantitative estimate of drug-likeness (QED) is 0.229. The van der Waals surface area contributed by atoms with E-state index in [0.717, 1.165) is 57.2 Å². The van der Waals surface area contributed by atoms with Crippen molar-refractivity contribution in [1.82, 2.24) is 15.5 Å². The number of furan rings is 1. The van der Waals surface area contributed by atoms with Crippen molar-refractivity contribution in [3.05, 3.63) is 36.8 Å². The van der Waals surface area contributed by atoms with Crippen LogP contribution in [0.4, 0.5) is 0 Å². The molecule has 0 saturated carbocycles. The Hall–Kier alpha value is -1.06. The molecule has 1 saturated heterocycles. The number of aliphatic imine (C=N–C) groups is 1. The van der Waals surface area contributed by atoms with Crippen LogP contribution in [0, 0.1) is 0 Å². The minimum absolute atomic E-state index is 0. The summed E-state index contributed by atoms with van der Waals surface area (Å²) in [4.78, 5) is 7.15. The van der Waals surface area contributed by atoms with Crippen molar-refractivity contribution in [2.45, 2.75) is 45.3 Å². The van der Waals surface area contributed by atoms with Crippen LogP contribution in [-0.4, -0.2) is 62.3 Å². The van der Waals surface area contributed by atoms with Gasteiger partial charge < -0.3 is 24.7 Å². The molecule has 0 unspecified atom stereocenters. The molecule has 0 aromatic carbocycles. The molecule has 1 aliphatic heterocycles. The van der Waals surface area contributed by atoms with Gasteiger partial charge in [-0.25, -0.2) is 0 Å². The van der Waals surface area contributed by atoms with Crippen molar-refractivity contribution in [2.24, 2.45) is 4.99 Å². The topological polar surface area (TPSA) is 62.0 Å². The highest BCUT2D eigenvalue weighted by Crippen LogP contribution is 2.10. The van der Waals surface area contributed by atoms with Gasteiger partial charge in [0, 0.05) is 45.2 Å². The number of hydrogen-bond acceptors (Lipinski definition) is 4. The summed E-state index contributed by atoms with van der Waals surface area (Å²) >= 11 is 0. The molecule has 2 rings (SSSR count). The van der Waals surface area contributed by atoms with Crippen LogP contribution in [0.3, 0.4) is 0 Å². The van der Waals surface area contributed by atoms with Gasteiger partial charge in [0.1, 0.15) is 5.76 Å². The second-order valence-corrected chi connectivity index (χ2v) is 6.91. The maximum Gasteiger partial charge on any atom is 0.191 e. The second kappa shape index (κ2) is 14.0. The van der Waals surface area contributed by atoms with Gasteiger partial charge >= 0.3 is 0 Å². The van der Waals surface area contributed by atoms with E-state index in [-0.39, 0.29) is 24.0 Å². The van der Waals surface area contributed by atoms with E-state index in [1.807, 2.05) is 18.2 Å². The van der Waals surface area contributed by atoms with Gasteiger partial charge in [-0.3, -0.25) is 4.99 Å². The van der Waals surface area contributed by atoms with Crippen LogP contribution in [0.25, 0.3) is 0 Å². The molecule has 6 nitrogen and oxygen atoms in total. The third kappa shape index (κ3) is 10.2. The first-order chi connectivity index (χ1) is 12.7. The lowest BCUT2D eigenvalue weighted by atomic mass is 10.1. The molecule has 27 heavy (non-hydrogen) atoms. The SMILES string of the molecule is C=CCNC(=NCCc1ccco1)NC1CCN(CCOC(C)C)CC1.I. The summed E-state index contributed by atoms with van der Waals surface area (Å²) in [6, 6.07) is 4.35. The Balaban J connectivity index is 0.00000364. The van der Waals surface area contributed by atoms with Crippen LogP contribution in [0.2, 0.25) is 0 Å². The molecule has 0 amide bonds. The minimum Gasteiger partial charge on any atom is -0.469 e. The average molecular weight is 490 g/mol. The summed E-state index contributed by atoms with van der Waals surface area (Å²) in [5, 5.41) is 6.88. The fourth-order valence-electron chi connectivity index (χ4n) is 2.97. The molecular weight excluding hydrogens is 455 g/mol. The second-order valence-electron chi connectivity index (χ2n) is 6.91. The lowest BCUT2D eigenvalue weighted by Crippen LogP contribution is -2.49. The van der Waals surface area contributed by atoms with Gasteiger partial charge in [0.05, 0.1) is 19.0 Å². The predicted molar refractivity (Wildman–Crippen MR) is 122 cm³/mol. The first-order valence-corrected chi connectivity index (χ1v) is 9.69. The molecule has 0 bridgehead atoms.